The van der Waals surface area contributed by atoms with Crippen molar-refractivity contribution in [1.82, 2.24) is 5.32 Å². The number of rotatable bonds is 0. The van der Waals surface area contributed by atoms with Gasteiger partial charge in [0, 0.05) is 5.56 Å². The Bertz CT molecular complexity index is 508. The fourth-order valence-electron chi connectivity index (χ4n) is 1.39. The van der Waals surface area contributed by atoms with Crippen LogP contribution in [0.25, 0.3) is 0 Å². The van der Waals surface area contributed by atoms with Crippen LogP contribution in [0.15, 0.2) is 18.2 Å². The highest BCUT2D eigenvalue weighted by molar-refractivity contribution is 6.21. The van der Waals surface area contributed by atoms with E-state index in [-0.39, 0.29) is 12.5 Å². The van der Waals surface area contributed by atoms with E-state index in [9.17, 15) is 9.59 Å². The van der Waals surface area contributed by atoms with Crippen molar-refractivity contribution in [2.24, 2.45) is 0 Å². The van der Waals surface area contributed by atoms with Crippen LogP contribution in [0.2, 0.25) is 0 Å². The second-order valence-electron chi connectivity index (χ2n) is 3.00. The van der Waals surface area contributed by atoms with Crippen LogP contribution in [0.5, 0.6) is 0 Å². The Kier molecular flexibility index (Phi) is 2.24. The molecule has 4 nitrogen and oxygen atoms in total. The number of hydrogen-bond donors (Lipinski definition) is 2. The van der Waals surface area contributed by atoms with Gasteiger partial charge < -0.3 is 5.11 Å². The largest absolute Gasteiger partial charge is 0.384 e. The van der Waals surface area contributed by atoms with Crippen LogP contribution in [0.3, 0.4) is 0 Å². The predicted molar refractivity (Wildman–Crippen MR) is 52.2 cm³/mol. The van der Waals surface area contributed by atoms with Crippen molar-refractivity contribution in [2.45, 2.75) is 0 Å². The summed E-state index contributed by atoms with van der Waals surface area (Å²) in [5.41, 5.74) is 1.31. The van der Waals surface area contributed by atoms with Gasteiger partial charge in [0.05, 0.1) is 11.1 Å². The highest BCUT2D eigenvalue weighted by atomic mass is 16.2. The molecule has 0 saturated carbocycles. The van der Waals surface area contributed by atoms with Gasteiger partial charge in [-0.3, -0.25) is 14.9 Å². The number of hydrogen-bond acceptors (Lipinski definition) is 3. The molecule has 1 aromatic rings. The normalized spacial score (nSPS) is 12.9. The van der Waals surface area contributed by atoms with E-state index in [4.69, 9.17) is 5.11 Å². The molecule has 1 heterocycles. The van der Waals surface area contributed by atoms with Crippen molar-refractivity contribution in [2.75, 3.05) is 6.61 Å². The molecule has 0 fully saturated rings. The molecule has 0 radical (unpaired) electrons. The van der Waals surface area contributed by atoms with Crippen molar-refractivity contribution >= 4 is 11.8 Å². The second-order valence-corrected chi connectivity index (χ2v) is 3.00. The lowest BCUT2D eigenvalue weighted by molar-refractivity contribution is 0.0879. The molecule has 4 heteroatoms. The molecule has 0 aliphatic carbocycles. The van der Waals surface area contributed by atoms with E-state index < -0.39 is 5.91 Å². The molecule has 0 saturated heterocycles. The molecule has 0 atom stereocenters. The standard InChI is InChI=1S/C11H7NO3/c13-5-1-2-7-3-4-8-9(6-7)11(15)12-10(8)14/h3-4,6,13H,5H2,(H,12,14,15). The molecular weight excluding hydrogens is 194 g/mol. The van der Waals surface area contributed by atoms with Crippen LogP contribution >= 0.6 is 0 Å². The lowest BCUT2D eigenvalue weighted by Crippen LogP contribution is -2.19. The highest BCUT2D eigenvalue weighted by Crippen LogP contribution is 2.16. The van der Waals surface area contributed by atoms with Crippen LogP contribution in [0, 0.1) is 11.8 Å². The number of fused-ring (bicyclic) bond motifs is 1. The van der Waals surface area contributed by atoms with Crippen molar-refractivity contribution in [3.63, 3.8) is 0 Å². The first kappa shape index (κ1) is 9.44. The zero-order chi connectivity index (χ0) is 10.8. The Labute approximate surface area is 85.9 Å². The highest BCUT2D eigenvalue weighted by Gasteiger charge is 2.26. The first-order chi connectivity index (χ1) is 7.22. The Hall–Kier alpha value is -2.12. The van der Waals surface area contributed by atoms with Crippen molar-refractivity contribution in [1.29, 1.82) is 0 Å². The maximum Gasteiger partial charge on any atom is 0.258 e. The van der Waals surface area contributed by atoms with E-state index in [0.717, 1.165) is 0 Å². The van der Waals surface area contributed by atoms with Gasteiger partial charge in [-0.2, -0.15) is 0 Å². The molecule has 1 aliphatic heterocycles. The third kappa shape index (κ3) is 1.60. The minimum Gasteiger partial charge on any atom is -0.384 e. The van der Waals surface area contributed by atoms with Crippen molar-refractivity contribution in [3.8, 4) is 11.8 Å². The lowest BCUT2D eigenvalue weighted by atomic mass is 10.1. The van der Waals surface area contributed by atoms with Gasteiger partial charge in [0.15, 0.2) is 0 Å². The number of amides is 2. The van der Waals surface area contributed by atoms with E-state index in [1.54, 1.807) is 12.1 Å². The van der Waals surface area contributed by atoms with Crippen LogP contribution < -0.4 is 5.32 Å². The zero-order valence-corrected chi connectivity index (χ0v) is 7.70. The molecule has 1 aromatic carbocycles. The second kappa shape index (κ2) is 3.56. The molecule has 0 aromatic heterocycles. The molecular formula is C11H7NO3. The van der Waals surface area contributed by atoms with E-state index in [0.29, 0.717) is 16.7 Å². The van der Waals surface area contributed by atoms with Gasteiger partial charge in [-0.1, -0.05) is 11.8 Å². The van der Waals surface area contributed by atoms with Crippen LogP contribution in [-0.4, -0.2) is 23.5 Å². The number of imide groups is 1. The molecule has 74 valence electrons. The fourth-order valence-corrected chi connectivity index (χ4v) is 1.39. The lowest BCUT2D eigenvalue weighted by Gasteiger charge is -1.94. The predicted octanol–water partition coefficient (Wildman–Crippen LogP) is -0.0860. The topological polar surface area (TPSA) is 66.4 Å². The first-order valence-electron chi connectivity index (χ1n) is 4.32. The maximum absolute atomic E-state index is 11.3. The van der Waals surface area contributed by atoms with Crippen LogP contribution in [0.4, 0.5) is 0 Å². The summed E-state index contributed by atoms with van der Waals surface area (Å²) in [5.74, 6) is 4.36. The van der Waals surface area contributed by atoms with E-state index in [1.165, 1.54) is 6.07 Å². The molecule has 2 N–H and O–H groups in total. The van der Waals surface area contributed by atoms with E-state index in [1.807, 2.05) is 0 Å². The number of aliphatic hydroxyl groups is 1. The first-order valence-corrected chi connectivity index (χ1v) is 4.32. The van der Waals surface area contributed by atoms with Crippen LogP contribution in [-0.2, 0) is 0 Å². The SMILES string of the molecule is O=C1NC(=O)c2cc(C#CCO)ccc21. The Morgan fingerprint density at radius 2 is 1.93 bits per heavy atom. The number of nitrogens with one attached hydrogen (secondary N) is 1. The summed E-state index contributed by atoms with van der Waals surface area (Å²) in [4.78, 5) is 22.5. The van der Waals surface area contributed by atoms with Gasteiger partial charge >= 0.3 is 0 Å². The molecule has 2 rings (SSSR count). The number of aliphatic hydroxyl groups excluding tert-OH is 1. The van der Waals surface area contributed by atoms with Crippen molar-refractivity contribution in [3.05, 3.63) is 34.9 Å². The summed E-state index contributed by atoms with van der Waals surface area (Å²) in [6.45, 7) is -0.234. The van der Waals surface area contributed by atoms with Gasteiger partial charge in [0.1, 0.15) is 6.61 Å². The Balaban J connectivity index is 2.47. The van der Waals surface area contributed by atoms with E-state index in [2.05, 4.69) is 17.2 Å². The Morgan fingerprint density at radius 3 is 2.67 bits per heavy atom. The number of carbonyl (C=O) groups is 2. The average Bonchev–Trinajstić information content (AvgIpc) is 2.52. The number of benzene rings is 1. The van der Waals surface area contributed by atoms with Gasteiger partial charge in [-0.15, -0.1) is 0 Å². The van der Waals surface area contributed by atoms with Crippen molar-refractivity contribution < 1.29 is 14.7 Å². The quantitative estimate of drug-likeness (QED) is 0.455. The molecule has 0 spiro atoms. The van der Waals surface area contributed by atoms with Gasteiger partial charge in [-0.05, 0) is 18.2 Å². The third-order valence-corrected chi connectivity index (χ3v) is 2.05. The zero-order valence-electron chi connectivity index (χ0n) is 7.70. The molecule has 15 heavy (non-hydrogen) atoms. The average molecular weight is 201 g/mol. The minimum absolute atomic E-state index is 0.234. The minimum atomic E-state index is -0.400. The van der Waals surface area contributed by atoms with Crippen LogP contribution in [0.1, 0.15) is 26.3 Å². The van der Waals surface area contributed by atoms with E-state index >= 15 is 0 Å². The fraction of sp³-hybridized carbons (Fsp3) is 0.0909. The van der Waals surface area contributed by atoms with Gasteiger partial charge in [-0.25, -0.2) is 0 Å². The molecule has 0 unspecified atom stereocenters. The van der Waals surface area contributed by atoms with Gasteiger partial charge in [0.2, 0.25) is 0 Å². The monoisotopic (exact) mass is 201 g/mol. The maximum atomic E-state index is 11.3. The molecule has 2 amide bonds. The summed E-state index contributed by atoms with van der Waals surface area (Å²) in [7, 11) is 0. The van der Waals surface area contributed by atoms with Gasteiger partial charge in [0.25, 0.3) is 11.8 Å². The number of carbonyl (C=O) groups excluding carboxylic acids is 2. The summed E-state index contributed by atoms with van der Waals surface area (Å²) in [6, 6.07) is 4.73. The summed E-state index contributed by atoms with van der Waals surface area (Å²) in [5, 5.41) is 10.7. The summed E-state index contributed by atoms with van der Waals surface area (Å²) in [6.07, 6.45) is 0. The third-order valence-electron chi connectivity index (χ3n) is 2.05. The smallest absolute Gasteiger partial charge is 0.258 e. The Morgan fingerprint density at radius 1 is 1.20 bits per heavy atom. The summed E-state index contributed by atoms with van der Waals surface area (Å²) >= 11 is 0. The summed E-state index contributed by atoms with van der Waals surface area (Å²) < 4.78 is 0. The molecule has 1 aliphatic rings. The molecule has 0 bridgehead atoms.